The summed E-state index contributed by atoms with van der Waals surface area (Å²) < 4.78 is 19.0. The van der Waals surface area contributed by atoms with Crippen LogP contribution < -0.4 is 5.73 Å². The van der Waals surface area contributed by atoms with Gasteiger partial charge >= 0.3 is 0 Å². The molecular weight excluding hydrogens is 281 g/mol. The third kappa shape index (κ3) is 2.76. The monoisotopic (exact) mass is 297 g/mol. The first-order valence-electron chi connectivity index (χ1n) is 6.99. The van der Waals surface area contributed by atoms with E-state index >= 15 is 0 Å². The van der Waals surface area contributed by atoms with E-state index in [9.17, 15) is 4.39 Å². The lowest BCUT2D eigenvalue weighted by Gasteiger charge is -2.09. The van der Waals surface area contributed by atoms with Gasteiger partial charge in [0.05, 0.1) is 12.3 Å². The van der Waals surface area contributed by atoms with Gasteiger partial charge in [-0.3, -0.25) is 0 Å². The van der Waals surface area contributed by atoms with E-state index in [0.717, 1.165) is 16.6 Å². The lowest BCUT2D eigenvalue weighted by atomic mass is 10.0. The van der Waals surface area contributed by atoms with Crippen LogP contribution in [0.25, 0.3) is 22.0 Å². The maximum Gasteiger partial charge on any atom is 0.220 e. The normalized spacial score (nSPS) is 11.0. The van der Waals surface area contributed by atoms with E-state index in [1.54, 1.807) is 19.2 Å². The Morgan fingerprint density at radius 2 is 1.86 bits per heavy atom. The van der Waals surface area contributed by atoms with E-state index in [1.807, 2.05) is 24.3 Å². The Morgan fingerprint density at radius 3 is 2.64 bits per heavy atom. The number of fused-ring (bicyclic) bond motifs is 1. The third-order valence-corrected chi connectivity index (χ3v) is 3.51. The zero-order valence-electron chi connectivity index (χ0n) is 12.2. The van der Waals surface area contributed by atoms with Crippen molar-refractivity contribution in [1.29, 1.82) is 0 Å². The van der Waals surface area contributed by atoms with Crippen LogP contribution in [0.15, 0.2) is 42.5 Å². The van der Waals surface area contributed by atoms with Crippen LogP contribution in [-0.4, -0.2) is 23.7 Å². The number of nitrogens with zero attached hydrogens (tertiary/aromatic N) is 2. The van der Waals surface area contributed by atoms with Gasteiger partial charge < -0.3 is 10.5 Å². The van der Waals surface area contributed by atoms with Crippen LogP contribution in [0.3, 0.4) is 0 Å². The van der Waals surface area contributed by atoms with Gasteiger partial charge in [0.15, 0.2) is 0 Å². The zero-order valence-corrected chi connectivity index (χ0v) is 12.2. The first kappa shape index (κ1) is 14.4. The highest BCUT2D eigenvalue weighted by Crippen LogP contribution is 2.29. The standard InChI is InChI=1S/C17H16FN3O/c1-22-9-8-11-10-16(21-17(19)20-11)14-6-7-15(18)13-5-3-2-4-12(13)14/h2-7,10H,8-9H2,1H3,(H2,19,20,21). The molecular formula is C17H16FN3O. The fourth-order valence-electron chi connectivity index (χ4n) is 2.48. The molecule has 0 spiro atoms. The van der Waals surface area contributed by atoms with Crippen LogP contribution in [0.5, 0.6) is 0 Å². The van der Waals surface area contributed by atoms with E-state index in [0.29, 0.717) is 24.1 Å². The quantitative estimate of drug-likeness (QED) is 0.803. The molecule has 3 aromatic rings. The number of nitrogen functional groups attached to an aromatic ring is 1. The number of anilines is 1. The van der Waals surface area contributed by atoms with Gasteiger partial charge in [-0.1, -0.05) is 24.3 Å². The number of hydrogen-bond acceptors (Lipinski definition) is 4. The maximum atomic E-state index is 13.9. The Bertz CT molecular complexity index is 820. The van der Waals surface area contributed by atoms with Crippen LogP contribution in [-0.2, 0) is 11.2 Å². The minimum atomic E-state index is -0.249. The number of aromatic nitrogens is 2. The van der Waals surface area contributed by atoms with Crippen LogP contribution in [0.4, 0.5) is 10.3 Å². The molecule has 5 heteroatoms. The molecule has 0 amide bonds. The third-order valence-electron chi connectivity index (χ3n) is 3.51. The molecule has 2 aromatic carbocycles. The second-order valence-electron chi connectivity index (χ2n) is 4.99. The minimum absolute atomic E-state index is 0.206. The number of nitrogens with two attached hydrogens (primary N) is 1. The van der Waals surface area contributed by atoms with Crippen LogP contribution in [0, 0.1) is 5.82 Å². The summed E-state index contributed by atoms with van der Waals surface area (Å²) >= 11 is 0. The lowest BCUT2D eigenvalue weighted by Crippen LogP contribution is -2.04. The fourth-order valence-corrected chi connectivity index (χ4v) is 2.48. The minimum Gasteiger partial charge on any atom is -0.384 e. The van der Waals surface area contributed by atoms with E-state index in [4.69, 9.17) is 10.5 Å². The summed E-state index contributed by atoms with van der Waals surface area (Å²) in [6.45, 7) is 0.556. The molecule has 0 unspecified atom stereocenters. The summed E-state index contributed by atoms with van der Waals surface area (Å²) in [6.07, 6.45) is 0.648. The molecule has 0 saturated carbocycles. The van der Waals surface area contributed by atoms with Gasteiger partial charge in [0.1, 0.15) is 5.82 Å². The van der Waals surface area contributed by atoms with Gasteiger partial charge in [0, 0.05) is 30.2 Å². The Morgan fingerprint density at radius 1 is 1.09 bits per heavy atom. The fraction of sp³-hybridized carbons (Fsp3) is 0.176. The van der Waals surface area contributed by atoms with Crippen molar-refractivity contribution in [1.82, 2.24) is 9.97 Å². The Hall–Kier alpha value is -2.53. The van der Waals surface area contributed by atoms with Crippen molar-refractivity contribution in [2.75, 3.05) is 19.5 Å². The Balaban J connectivity index is 2.15. The predicted molar refractivity (Wildman–Crippen MR) is 84.9 cm³/mol. The molecule has 1 heterocycles. The molecule has 0 bridgehead atoms. The van der Waals surface area contributed by atoms with E-state index < -0.39 is 0 Å². The number of methoxy groups -OCH3 is 1. The summed E-state index contributed by atoms with van der Waals surface area (Å²) in [7, 11) is 1.64. The van der Waals surface area contributed by atoms with Gasteiger partial charge in [0.25, 0.3) is 0 Å². The van der Waals surface area contributed by atoms with Gasteiger partial charge in [0.2, 0.25) is 5.95 Å². The molecule has 0 aliphatic heterocycles. The van der Waals surface area contributed by atoms with E-state index in [2.05, 4.69) is 9.97 Å². The van der Waals surface area contributed by atoms with Crippen LogP contribution in [0.2, 0.25) is 0 Å². The number of halogens is 1. The molecule has 0 fully saturated rings. The average molecular weight is 297 g/mol. The molecule has 0 radical (unpaired) electrons. The topological polar surface area (TPSA) is 61.0 Å². The predicted octanol–water partition coefficient (Wildman–Crippen LogP) is 3.21. The van der Waals surface area contributed by atoms with Crippen molar-refractivity contribution in [3.05, 3.63) is 54.0 Å². The highest BCUT2D eigenvalue weighted by Gasteiger charge is 2.10. The van der Waals surface area contributed by atoms with E-state index in [-0.39, 0.29) is 11.8 Å². The van der Waals surface area contributed by atoms with Gasteiger partial charge in [-0.25, -0.2) is 14.4 Å². The first-order chi connectivity index (χ1) is 10.7. The maximum absolute atomic E-state index is 13.9. The van der Waals surface area contributed by atoms with Crippen molar-refractivity contribution in [3.8, 4) is 11.3 Å². The molecule has 0 atom stereocenters. The number of rotatable bonds is 4. The van der Waals surface area contributed by atoms with Crippen molar-refractivity contribution >= 4 is 16.7 Å². The second kappa shape index (κ2) is 6.07. The summed E-state index contributed by atoms with van der Waals surface area (Å²) in [4.78, 5) is 8.50. The van der Waals surface area contributed by atoms with Crippen LogP contribution in [0.1, 0.15) is 5.69 Å². The number of benzene rings is 2. The van der Waals surface area contributed by atoms with Crippen LogP contribution >= 0.6 is 0 Å². The summed E-state index contributed by atoms with van der Waals surface area (Å²) in [5.41, 5.74) is 8.14. The lowest BCUT2D eigenvalue weighted by molar-refractivity contribution is 0.201. The van der Waals surface area contributed by atoms with Gasteiger partial charge in [-0.2, -0.15) is 0 Å². The molecule has 0 aliphatic carbocycles. The Labute approximate surface area is 127 Å². The van der Waals surface area contributed by atoms with Crippen molar-refractivity contribution < 1.29 is 9.13 Å². The second-order valence-corrected chi connectivity index (χ2v) is 4.99. The highest BCUT2D eigenvalue weighted by molar-refractivity contribution is 5.96. The largest absolute Gasteiger partial charge is 0.384 e. The molecule has 112 valence electrons. The molecule has 4 nitrogen and oxygen atoms in total. The number of hydrogen-bond donors (Lipinski definition) is 1. The van der Waals surface area contributed by atoms with Crippen molar-refractivity contribution in [2.45, 2.75) is 6.42 Å². The summed E-state index contributed by atoms with van der Waals surface area (Å²) in [6, 6.07) is 12.4. The molecule has 2 N–H and O–H groups in total. The SMILES string of the molecule is COCCc1cc(-c2ccc(F)c3ccccc23)nc(N)n1. The van der Waals surface area contributed by atoms with Gasteiger partial charge in [-0.15, -0.1) is 0 Å². The zero-order chi connectivity index (χ0) is 15.5. The highest BCUT2D eigenvalue weighted by atomic mass is 19.1. The molecule has 0 aliphatic rings. The first-order valence-corrected chi connectivity index (χ1v) is 6.99. The molecule has 3 rings (SSSR count). The smallest absolute Gasteiger partial charge is 0.220 e. The molecule has 22 heavy (non-hydrogen) atoms. The van der Waals surface area contributed by atoms with Crippen molar-refractivity contribution in [2.24, 2.45) is 0 Å². The Kier molecular flexibility index (Phi) is 3.98. The molecule has 1 aromatic heterocycles. The average Bonchev–Trinajstić information content (AvgIpc) is 2.53. The summed E-state index contributed by atoms with van der Waals surface area (Å²) in [5, 5.41) is 1.37. The van der Waals surface area contributed by atoms with E-state index in [1.165, 1.54) is 6.07 Å². The summed E-state index contributed by atoms with van der Waals surface area (Å²) in [5.74, 6) is -0.0435. The van der Waals surface area contributed by atoms with Gasteiger partial charge in [-0.05, 0) is 23.6 Å². The van der Waals surface area contributed by atoms with Crippen molar-refractivity contribution in [3.63, 3.8) is 0 Å². The molecule has 0 saturated heterocycles. The number of ether oxygens (including phenoxy) is 1.